The number of aryl methyl sites for hydroxylation is 3. The van der Waals surface area contributed by atoms with E-state index in [9.17, 15) is 9.22 Å². The van der Waals surface area contributed by atoms with Crippen molar-refractivity contribution in [2.45, 2.75) is 99.3 Å². The molecule has 0 bridgehead atoms. The van der Waals surface area contributed by atoms with E-state index in [1.165, 1.54) is 5.56 Å². The van der Waals surface area contributed by atoms with Crippen LogP contribution in [0, 0.1) is 26.8 Å². The Morgan fingerprint density at radius 2 is 1.24 bits per heavy atom. The summed E-state index contributed by atoms with van der Waals surface area (Å²) in [6.07, 6.45) is 1.86. The molecule has 0 aliphatic rings. The fourth-order valence-electron chi connectivity index (χ4n) is 9.31. The monoisotopic (exact) mass is 1070 g/mol. The summed E-state index contributed by atoms with van der Waals surface area (Å²) >= 11 is 0. The molecule has 5 heteroatoms. The number of nitrogens with zero attached hydrogens (tertiary/aromatic N) is 3. The van der Waals surface area contributed by atoms with E-state index in [-0.39, 0.29) is 48.6 Å². The molecule has 0 spiro atoms. The smallest absolute Gasteiger partial charge is 0.148 e. The van der Waals surface area contributed by atoms with Crippen molar-refractivity contribution in [3.8, 4) is 78.6 Å². The summed E-state index contributed by atoms with van der Waals surface area (Å²) < 4.78 is 29.4. The van der Waals surface area contributed by atoms with Gasteiger partial charge in [-0.25, -0.2) is 4.98 Å². The Morgan fingerprint density at radius 1 is 0.559 bits per heavy atom. The van der Waals surface area contributed by atoms with E-state index in [2.05, 4.69) is 147 Å². The van der Waals surface area contributed by atoms with Crippen LogP contribution >= 0.6 is 0 Å². The number of aromatic nitrogens is 3. The second-order valence-electron chi connectivity index (χ2n) is 21.2. The third-order valence-corrected chi connectivity index (χ3v) is 13.0. The first-order chi connectivity index (χ1) is 33.0. The van der Waals surface area contributed by atoms with Crippen LogP contribution in [0.3, 0.4) is 0 Å². The summed E-state index contributed by atoms with van der Waals surface area (Å²) in [5.74, 6) is 0.522. The normalized spacial score (nSPS) is 12.9. The molecule has 7 aromatic carbocycles. The molecule has 0 radical (unpaired) electrons. The zero-order chi connectivity index (χ0) is 50.1. The second kappa shape index (κ2) is 18.3. The molecule has 0 amide bonds. The number of rotatable bonds is 7. The number of fused-ring (bicyclic) bond motifs is 1. The van der Waals surface area contributed by atoms with Gasteiger partial charge in [0.2, 0.25) is 0 Å². The molecule has 1 N–H and O–H groups in total. The Bertz CT molecular complexity index is 3440. The Balaban J connectivity index is 0.00000676. The van der Waals surface area contributed by atoms with Gasteiger partial charge in [-0.2, -0.15) is 0 Å². The van der Waals surface area contributed by atoms with Gasteiger partial charge in [-0.15, -0.1) is 29.3 Å². The summed E-state index contributed by atoms with van der Waals surface area (Å²) in [5.41, 5.74) is 16.5. The van der Waals surface area contributed by atoms with Crippen molar-refractivity contribution in [3.05, 3.63) is 191 Å². The third kappa shape index (κ3) is 9.29. The number of imidazole rings is 1. The van der Waals surface area contributed by atoms with Crippen molar-refractivity contribution in [1.82, 2.24) is 14.5 Å². The molecular formula is C63H62N3OPt-. The second-order valence-corrected chi connectivity index (χ2v) is 21.2. The molecule has 9 rings (SSSR count). The number of hydrogen-bond acceptors (Lipinski definition) is 3. The first-order valence-electron chi connectivity index (χ1n) is 24.8. The minimum Gasteiger partial charge on any atom is -0.507 e. The molecular weight excluding hydrogens is 1010 g/mol. The van der Waals surface area contributed by atoms with Gasteiger partial charge >= 0.3 is 0 Å². The van der Waals surface area contributed by atoms with Crippen molar-refractivity contribution in [2.75, 3.05) is 0 Å². The van der Waals surface area contributed by atoms with E-state index in [0.29, 0.717) is 33.7 Å². The fraction of sp³-hybridized carbons (Fsp3) is 0.238. The van der Waals surface area contributed by atoms with Crippen LogP contribution < -0.4 is 0 Å². The van der Waals surface area contributed by atoms with Crippen molar-refractivity contribution >= 4 is 11.0 Å². The number of pyridine rings is 1. The average molecular weight is 1080 g/mol. The molecule has 0 fully saturated rings. The molecule has 4 nitrogen and oxygen atoms in total. The molecule has 0 aliphatic carbocycles. The van der Waals surface area contributed by atoms with Gasteiger partial charge in [0.1, 0.15) is 11.6 Å². The van der Waals surface area contributed by atoms with E-state index < -0.39 is 6.85 Å². The van der Waals surface area contributed by atoms with Crippen molar-refractivity contribution in [3.63, 3.8) is 0 Å². The summed E-state index contributed by atoms with van der Waals surface area (Å²) in [6, 6.07) is 53.4. The maximum atomic E-state index is 11.9. The SMILES string of the molecule is [2H]C([2H])([2H])c1cc(-c2c(-c3ccccc3)cccc2C(C)(C)C)ccc1-n1c(-c2cc(C)cc(C)c2O)nc2c(-c3[c-]c(-c4cc(-c5ccc(C(C)(C)C)cc5)ccn4)cc(C(C)(C)C)c3)cccc21.[Pt]. The molecule has 9 aromatic rings. The van der Waals surface area contributed by atoms with Gasteiger partial charge in [0, 0.05) is 37.1 Å². The summed E-state index contributed by atoms with van der Waals surface area (Å²) in [4.78, 5) is 10.3. The van der Waals surface area contributed by atoms with Gasteiger partial charge < -0.3 is 5.11 Å². The summed E-state index contributed by atoms with van der Waals surface area (Å²) in [7, 11) is 0. The van der Waals surface area contributed by atoms with Crippen LogP contribution in [0.15, 0.2) is 152 Å². The third-order valence-electron chi connectivity index (χ3n) is 13.0. The van der Waals surface area contributed by atoms with Crippen LogP contribution in [-0.2, 0) is 37.3 Å². The largest absolute Gasteiger partial charge is 0.507 e. The van der Waals surface area contributed by atoms with Gasteiger partial charge in [-0.1, -0.05) is 177 Å². The first kappa shape index (κ1) is 44.2. The number of hydrogen-bond donors (Lipinski definition) is 1. The average Bonchev–Trinajstić information content (AvgIpc) is 3.71. The van der Waals surface area contributed by atoms with Crippen LogP contribution in [-0.4, -0.2) is 19.6 Å². The molecule has 0 aliphatic heterocycles. The Labute approximate surface area is 422 Å². The molecule has 0 saturated carbocycles. The number of phenols is 1. The van der Waals surface area contributed by atoms with Crippen LogP contribution in [0.1, 0.15) is 99.8 Å². The van der Waals surface area contributed by atoms with Crippen LogP contribution in [0.2, 0.25) is 0 Å². The van der Waals surface area contributed by atoms with Crippen LogP contribution in [0.5, 0.6) is 5.75 Å². The molecule has 346 valence electrons. The van der Waals surface area contributed by atoms with Crippen molar-refractivity contribution < 1.29 is 30.3 Å². The van der Waals surface area contributed by atoms with E-state index in [4.69, 9.17) is 9.97 Å². The maximum absolute atomic E-state index is 11.9. The maximum Gasteiger partial charge on any atom is 0.148 e. The molecule has 2 heterocycles. The fourth-order valence-corrected chi connectivity index (χ4v) is 9.31. The van der Waals surface area contributed by atoms with Gasteiger partial charge in [0.05, 0.1) is 22.3 Å². The number of aromatic hydroxyl groups is 1. The standard InChI is InChI=1S/C63H62N3O.Pt/c1-39-32-41(3)59(67)52(33-39)60-65-58-51(46-35-47(37-49(36-46)62(7,8)9)54-38-44(30-31-64-54)42-24-27-48(28-25-42)61(4,5)6)21-17-23-56(58)66(60)55-29-26-45(34-40(55)2)57-50(43-18-14-13-15-19-43)20-16-22-53(57)63(10,11)12;/h13-34,36-38,67H,1-12H3;/q-1;/i2D3;. The van der Waals surface area contributed by atoms with Crippen LogP contribution in [0.4, 0.5) is 0 Å². The molecule has 2 aromatic heterocycles. The van der Waals surface area contributed by atoms with E-state index in [1.807, 2.05) is 91.3 Å². The molecule has 0 saturated heterocycles. The zero-order valence-corrected chi connectivity index (χ0v) is 43.3. The van der Waals surface area contributed by atoms with Gasteiger partial charge in [0.25, 0.3) is 0 Å². The predicted octanol–water partition coefficient (Wildman–Crippen LogP) is 16.7. The van der Waals surface area contributed by atoms with Gasteiger partial charge in [-0.05, 0) is 128 Å². The van der Waals surface area contributed by atoms with E-state index >= 15 is 0 Å². The Hall–Kier alpha value is -6.35. The molecule has 0 unspecified atom stereocenters. The van der Waals surface area contributed by atoms with E-state index in [1.54, 1.807) is 0 Å². The first-order valence-corrected chi connectivity index (χ1v) is 23.3. The van der Waals surface area contributed by atoms with E-state index in [0.717, 1.165) is 72.5 Å². The summed E-state index contributed by atoms with van der Waals surface area (Å²) in [6.45, 7) is 21.2. The number of benzene rings is 7. The Kier molecular flexibility index (Phi) is 11.9. The van der Waals surface area contributed by atoms with Crippen molar-refractivity contribution in [2.24, 2.45) is 0 Å². The van der Waals surface area contributed by atoms with Gasteiger partial charge in [-0.3, -0.25) is 9.55 Å². The number of para-hydroxylation sites is 1. The van der Waals surface area contributed by atoms with Crippen molar-refractivity contribution in [1.29, 1.82) is 0 Å². The molecule has 0 atom stereocenters. The van der Waals surface area contributed by atoms with Gasteiger partial charge in [0.15, 0.2) is 0 Å². The zero-order valence-electron chi connectivity index (χ0n) is 44.0. The van der Waals surface area contributed by atoms with Crippen LogP contribution in [0.25, 0.3) is 83.9 Å². The summed E-state index contributed by atoms with van der Waals surface area (Å²) in [5, 5.41) is 11.9. The minimum absolute atomic E-state index is 0. The predicted molar refractivity (Wildman–Crippen MR) is 282 cm³/mol. The molecule has 68 heavy (non-hydrogen) atoms. The Morgan fingerprint density at radius 3 is 1.93 bits per heavy atom. The quantitative estimate of drug-likeness (QED) is 0.162. The number of phenolic OH excluding ortho intramolecular Hbond substituents is 1. The topological polar surface area (TPSA) is 50.9 Å². The minimum atomic E-state index is -2.54.